The fourth-order valence-electron chi connectivity index (χ4n) is 3.26. The molecule has 0 heterocycles. The Kier molecular flexibility index (Phi) is 6.69. The summed E-state index contributed by atoms with van der Waals surface area (Å²) in [5.41, 5.74) is 5.15. The van der Waals surface area contributed by atoms with Gasteiger partial charge < -0.3 is 9.47 Å². The summed E-state index contributed by atoms with van der Waals surface area (Å²) < 4.78 is 11.5. The predicted molar refractivity (Wildman–Crippen MR) is 108 cm³/mol. The standard InChI is InChI=1S/C23H30O2/c1-16(2)10-9-11-17(3)14-15-19-18(4)22(24-5)20-12-7-8-13-21(20)23(19)25-6/h7-8,10,12-14H,9,11,15H2,1-6H3/b17-14+. The van der Waals surface area contributed by atoms with Crippen LogP contribution in [0.4, 0.5) is 0 Å². The minimum Gasteiger partial charge on any atom is -0.496 e. The second kappa shape index (κ2) is 8.75. The average Bonchev–Trinajstić information content (AvgIpc) is 2.59. The number of methoxy groups -OCH3 is 2. The van der Waals surface area contributed by atoms with E-state index in [1.165, 1.54) is 16.7 Å². The Morgan fingerprint density at radius 1 is 0.920 bits per heavy atom. The summed E-state index contributed by atoms with van der Waals surface area (Å²) in [5.74, 6) is 1.91. The molecule has 0 aliphatic heterocycles. The molecular weight excluding hydrogens is 308 g/mol. The highest BCUT2D eigenvalue weighted by Crippen LogP contribution is 2.40. The molecule has 0 aliphatic carbocycles. The van der Waals surface area contributed by atoms with Crippen molar-refractivity contribution in [3.8, 4) is 11.5 Å². The number of fused-ring (bicyclic) bond motifs is 1. The first-order valence-corrected chi connectivity index (χ1v) is 8.90. The molecule has 0 N–H and O–H groups in total. The van der Waals surface area contributed by atoms with Gasteiger partial charge in [0.25, 0.3) is 0 Å². The van der Waals surface area contributed by atoms with Crippen molar-refractivity contribution in [1.82, 2.24) is 0 Å². The lowest BCUT2D eigenvalue weighted by Crippen LogP contribution is -2.00. The minimum absolute atomic E-state index is 0.858. The topological polar surface area (TPSA) is 18.5 Å². The molecule has 0 fully saturated rings. The summed E-state index contributed by atoms with van der Waals surface area (Å²) >= 11 is 0. The number of hydrogen-bond donors (Lipinski definition) is 0. The Bertz CT molecular complexity index is 793. The highest BCUT2D eigenvalue weighted by molar-refractivity contribution is 5.96. The number of allylic oxidation sites excluding steroid dienone is 4. The molecule has 0 aliphatic rings. The monoisotopic (exact) mass is 338 g/mol. The molecule has 0 saturated carbocycles. The lowest BCUT2D eigenvalue weighted by Gasteiger charge is -2.18. The van der Waals surface area contributed by atoms with Gasteiger partial charge in [0.1, 0.15) is 11.5 Å². The Morgan fingerprint density at radius 2 is 1.52 bits per heavy atom. The molecule has 0 aromatic heterocycles. The van der Waals surface area contributed by atoms with Gasteiger partial charge >= 0.3 is 0 Å². The molecule has 2 rings (SSSR count). The van der Waals surface area contributed by atoms with Gasteiger partial charge in [-0.25, -0.2) is 0 Å². The van der Waals surface area contributed by atoms with Gasteiger partial charge in [0.15, 0.2) is 0 Å². The molecule has 0 radical (unpaired) electrons. The van der Waals surface area contributed by atoms with Crippen molar-refractivity contribution in [3.63, 3.8) is 0 Å². The van der Waals surface area contributed by atoms with Crippen LogP contribution in [0.2, 0.25) is 0 Å². The summed E-state index contributed by atoms with van der Waals surface area (Å²) in [6.07, 6.45) is 7.66. The summed E-state index contributed by atoms with van der Waals surface area (Å²) in [5, 5.41) is 2.21. The first-order chi connectivity index (χ1) is 12.0. The van der Waals surface area contributed by atoms with E-state index in [9.17, 15) is 0 Å². The second-order valence-corrected chi connectivity index (χ2v) is 6.79. The SMILES string of the molecule is COc1c(C)c(C/C=C(\C)CCC=C(C)C)c(OC)c2ccccc12. The first-order valence-electron chi connectivity index (χ1n) is 8.90. The van der Waals surface area contributed by atoms with Crippen molar-refractivity contribution < 1.29 is 9.47 Å². The Labute approximate surface area is 152 Å². The minimum atomic E-state index is 0.858. The maximum Gasteiger partial charge on any atom is 0.130 e. The molecule has 2 heteroatoms. The summed E-state index contributed by atoms with van der Waals surface area (Å²) in [6, 6.07) is 8.28. The predicted octanol–water partition coefficient (Wildman–Crippen LogP) is 6.40. The van der Waals surface area contributed by atoms with Gasteiger partial charge in [0.2, 0.25) is 0 Å². The molecule has 2 aromatic carbocycles. The first kappa shape index (κ1) is 19.1. The Morgan fingerprint density at radius 3 is 2.08 bits per heavy atom. The van der Waals surface area contributed by atoms with Gasteiger partial charge in [-0.15, -0.1) is 0 Å². The second-order valence-electron chi connectivity index (χ2n) is 6.79. The zero-order valence-electron chi connectivity index (χ0n) is 16.4. The molecule has 0 atom stereocenters. The number of ether oxygens (including phenoxy) is 2. The number of hydrogen-bond acceptors (Lipinski definition) is 2. The lowest BCUT2D eigenvalue weighted by molar-refractivity contribution is 0.404. The van der Waals surface area contributed by atoms with Crippen molar-refractivity contribution in [2.24, 2.45) is 0 Å². The van der Waals surface area contributed by atoms with Crippen LogP contribution in [0, 0.1) is 6.92 Å². The van der Waals surface area contributed by atoms with Crippen LogP contribution in [0.1, 0.15) is 44.7 Å². The summed E-state index contributed by atoms with van der Waals surface area (Å²) in [7, 11) is 3.49. The Hall–Kier alpha value is -2.22. The molecule has 0 spiro atoms. The van der Waals surface area contributed by atoms with Gasteiger partial charge in [-0.3, -0.25) is 0 Å². The molecule has 0 unspecified atom stereocenters. The quantitative estimate of drug-likeness (QED) is 0.544. The average molecular weight is 338 g/mol. The van der Waals surface area contributed by atoms with E-state index in [1.807, 2.05) is 12.1 Å². The van der Waals surface area contributed by atoms with Crippen LogP contribution in [-0.4, -0.2) is 14.2 Å². The molecule has 25 heavy (non-hydrogen) atoms. The molecular formula is C23H30O2. The van der Waals surface area contributed by atoms with Crippen molar-refractivity contribution in [2.45, 2.75) is 47.0 Å². The van der Waals surface area contributed by atoms with Crippen LogP contribution < -0.4 is 9.47 Å². The smallest absolute Gasteiger partial charge is 0.130 e. The summed E-state index contributed by atoms with van der Waals surface area (Å²) in [4.78, 5) is 0. The van der Waals surface area contributed by atoms with Gasteiger partial charge in [0.05, 0.1) is 14.2 Å². The molecule has 2 aromatic rings. The fraction of sp³-hybridized carbons (Fsp3) is 0.391. The van der Waals surface area contributed by atoms with E-state index in [-0.39, 0.29) is 0 Å². The fourth-order valence-corrected chi connectivity index (χ4v) is 3.26. The van der Waals surface area contributed by atoms with Crippen molar-refractivity contribution in [2.75, 3.05) is 14.2 Å². The van der Waals surface area contributed by atoms with Crippen LogP contribution in [0.5, 0.6) is 11.5 Å². The van der Waals surface area contributed by atoms with Crippen LogP contribution >= 0.6 is 0 Å². The zero-order chi connectivity index (χ0) is 18.4. The van der Waals surface area contributed by atoms with Crippen LogP contribution in [0.3, 0.4) is 0 Å². The Balaban J connectivity index is 2.40. The van der Waals surface area contributed by atoms with E-state index >= 15 is 0 Å². The van der Waals surface area contributed by atoms with Gasteiger partial charge in [-0.1, -0.05) is 47.6 Å². The highest BCUT2D eigenvalue weighted by atomic mass is 16.5. The third-order valence-electron chi connectivity index (χ3n) is 4.64. The molecule has 0 amide bonds. The maximum absolute atomic E-state index is 5.79. The number of benzene rings is 2. The molecule has 0 saturated heterocycles. The third kappa shape index (κ3) is 4.45. The van der Waals surface area contributed by atoms with E-state index in [4.69, 9.17) is 9.47 Å². The van der Waals surface area contributed by atoms with Crippen molar-refractivity contribution in [1.29, 1.82) is 0 Å². The van der Waals surface area contributed by atoms with E-state index in [1.54, 1.807) is 14.2 Å². The van der Waals surface area contributed by atoms with E-state index in [2.05, 4.69) is 52.0 Å². The van der Waals surface area contributed by atoms with Gasteiger partial charge in [-0.2, -0.15) is 0 Å². The van der Waals surface area contributed by atoms with E-state index in [0.717, 1.165) is 47.1 Å². The molecule has 134 valence electrons. The van der Waals surface area contributed by atoms with Gasteiger partial charge in [0, 0.05) is 16.3 Å². The lowest BCUT2D eigenvalue weighted by atomic mass is 9.95. The van der Waals surface area contributed by atoms with E-state index in [0.29, 0.717) is 0 Å². The van der Waals surface area contributed by atoms with Crippen LogP contribution in [-0.2, 0) is 6.42 Å². The van der Waals surface area contributed by atoms with Crippen molar-refractivity contribution >= 4 is 10.8 Å². The van der Waals surface area contributed by atoms with Crippen molar-refractivity contribution in [3.05, 3.63) is 58.7 Å². The highest BCUT2D eigenvalue weighted by Gasteiger charge is 2.17. The zero-order valence-corrected chi connectivity index (χ0v) is 16.4. The molecule has 2 nitrogen and oxygen atoms in total. The largest absolute Gasteiger partial charge is 0.496 e. The third-order valence-corrected chi connectivity index (χ3v) is 4.64. The van der Waals surface area contributed by atoms with Gasteiger partial charge in [-0.05, 0) is 52.5 Å². The van der Waals surface area contributed by atoms with Crippen LogP contribution in [0.25, 0.3) is 10.8 Å². The van der Waals surface area contributed by atoms with E-state index < -0.39 is 0 Å². The number of rotatable bonds is 7. The normalized spacial score (nSPS) is 11.5. The maximum atomic E-state index is 5.79. The van der Waals surface area contributed by atoms with Crippen LogP contribution in [0.15, 0.2) is 47.6 Å². The molecule has 0 bridgehead atoms. The summed E-state index contributed by atoms with van der Waals surface area (Å²) in [6.45, 7) is 8.62.